The van der Waals surface area contributed by atoms with E-state index in [-0.39, 0.29) is 18.6 Å². The number of β-amino-alcohol motifs (C(OH)–C–C–N with tert-alkyl or cyclic N) is 1. The molecular weight excluding hydrogens is 308 g/mol. The minimum absolute atomic E-state index is 0.108. The number of methoxy groups -OCH3 is 1. The third-order valence-electron chi connectivity index (χ3n) is 4.25. The van der Waals surface area contributed by atoms with Crippen LogP contribution < -0.4 is 4.74 Å². The second-order valence-corrected chi connectivity index (χ2v) is 6.41. The van der Waals surface area contributed by atoms with Gasteiger partial charge in [-0.15, -0.1) is 0 Å². The van der Waals surface area contributed by atoms with Crippen LogP contribution in [0, 0.1) is 0 Å². The van der Waals surface area contributed by atoms with Gasteiger partial charge in [0.1, 0.15) is 5.75 Å². The number of ether oxygens (including phenoxy) is 2. The van der Waals surface area contributed by atoms with E-state index >= 15 is 0 Å². The zero-order chi connectivity index (χ0) is 17.5. The van der Waals surface area contributed by atoms with Gasteiger partial charge in [-0.25, -0.2) is 0 Å². The SMILES string of the molecule is COc1cccc(COCC(O)CN2CCCC2C(=O)N(C)C)c1. The van der Waals surface area contributed by atoms with Gasteiger partial charge in [0.05, 0.1) is 32.5 Å². The molecule has 1 heterocycles. The fraction of sp³-hybridized carbons (Fsp3) is 0.611. The number of benzene rings is 1. The summed E-state index contributed by atoms with van der Waals surface area (Å²) in [5.41, 5.74) is 1.00. The summed E-state index contributed by atoms with van der Waals surface area (Å²) < 4.78 is 10.8. The van der Waals surface area contributed by atoms with Crippen molar-refractivity contribution in [2.75, 3.05) is 40.9 Å². The molecule has 1 fully saturated rings. The first-order valence-corrected chi connectivity index (χ1v) is 8.35. The van der Waals surface area contributed by atoms with E-state index in [0.29, 0.717) is 13.2 Å². The van der Waals surface area contributed by atoms with Gasteiger partial charge >= 0.3 is 0 Å². The molecule has 1 saturated heterocycles. The van der Waals surface area contributed by atoms with Crippen molar-refractivity contribution in [1.82, 2.24) is 9.80 Å². The van der Waals surface area contributed by atoms with Crippen molar-refractivity contribution in [3.8, 4) is 5.75 Å². The van der Waals surface area contributed by atoms with Crippen molar-refractivity contribution in [2.24, 2.45) is 0 Å². The lowest BCUT2D eigenvalue weighted by molar-refractivity contribution is -0.134. The van der Waals surface area contributed by atoms with Gasteiger partial charge in [-0.2, -0.15) is 0 Å². The van der Waals surface area contributed by atoms with Crippen LogP contribution in [0.25, 0.3) is 0 Å². The normalized spacial score (nSPS) is 19.2. The summed E-state index contributed by atoms with van der Waals surface area (Å²) in [7, 11) is 5.17. The molecule has 2 unspecified atom stereocenters. The van der Waals surface area contributed by atoms with Crippen molar-refractivity contribution in [3.63, 3.8) is 0 Å². The number of likely N-dealkylation sites (tertiary alicyclic amines) is 1. The standard InChI is InChI=1S/C18H28N2O4/c1-19(2)18(22)17-8-5-9-20(17)11-15(21)13-24-12-14-6-4-7-16(10-14)23-3/h4,6-7,10,15,17,21H,5,8-9,11-13H2,1-3H3. The Morgan fingerprint density at radius 1 is 1.46 bits per heavy atom. The molecule has 1 aromatic rings. The van der Waals surface area contributed by atoms with Crippen molar-refractivity contribution >= 4 is 5.91 Å². The molecule has 0 spiro atoms. The third-order valence-corrected chi connectivity index (χ3v) is 4.25. The van der Waals surface area contributed by atoms with Gasteiger partial charge < -0.3 is 19.5 Å². The third kappa shape index (κ3) is 5.19. The summed E-state index contributed by atoms with van der Waals surface area (Å²) in [5.74, 6) is 0.899. The lowest BCUT2D eigenvalue weighted by Crippen LogP contribution is -2.46. The van der Waals surface area contributed by atoms with E-state index < -0.39 is 6.10 Å². The minimum atomic E-state index is -0.605. The molecule has 1 amide bonds. The Morgan fingerprint density at radius 2 is 2.25 bits per heavy atom. The Balaban J connectivity index is 1.76. The van der Waals surface area contributed by atoms with Crippen molar-refractivity contribution in [1.29, 1.82) is 0 Å². The van der Waals surface area contributed by atoms with E-state index in [2.05, 4.69) is 4.90 Å². The Morgan fingerprint density at radius 3 is 2.96 bits per heavy atom. The van der Waals surface area contributed by atoms with Gasteiger partial charge in [-0.05, 0) is 37.1 Å². The van der Waals surface area contributed by atoms with E-state index in [1.54, 1.807) is 26.1 Å². The highest BCUT2D eigenvalue weighted by Crippen LogP contribution is 2.19. The number of hydrogen-bond acceptors (Lipinski definition) is 5. The molecule has 134 valence electrons. The van der Waals surface area contributed by atoms with E-state index in [0.717, 1.165) is 30.7 Å². The largest absolute Gasteiger partial charge is 0.497 e. The first-order chi connectivity index (χ1) is 11.5. The molecule has 1 aromatic carbocycles. The highest BCUT2D eigenvalue weighted by atomic mass is 16.5. The van der Waals surface area contributed by atoms with Crippen molar-refractivity contribution in [2.45, 2.75) is 31.6 Å². The molecule has 2 atom stereocenters. The molecular formula is C18H28N2O4. The van der Waals surface area contributed by atoms with E-state index in [1.165, 1.54) is 0 Å². The smallest absolute Gasteiger partial charge is 0.239 e. The fourth-order valence-corrected chi connectivity index (χ4v) is 3.02. The molecule has 0 saturated carbocycles. The lowest BCUT2D eigenvalue weighted by Gasteiger charge is -2.27. The van der Waals surface area contributed by atoms with Crippen molar-refractivity contribution < 1.29 is 19.4 Å². The molecule has 0 radical (unpaired) electrons. The summed E-state index contributed by atoms with van der Waals surface area (Å²) in [5, 5.41) is 10.2. The Hall–Kier alpha value is -1.63. The minimum Gasteiger partial charge on any atom is -0.497 e. The maximum absolute atomic E-state index is 12.2. The van der Waals surface area contributed by atoms with Crippen LogP contribution in [0.5, 0.6) is 5.75 Å². The average molecular weight is 336 g/mol. The van der Waals surface area contributed by atoms with Crippen LogP contribution in [0.1, 0.15) is 18.4 Å². The number of aliphatic hydroxyl groups is 1. The lowest BCUT2D eigenvalue weighted by atomic mass is 10.2. The number of carbonyl (C=O) groups is 1. The first-order valence-electron chi connectivity index (χ1n) is 8.35. The predicted octanol–water partition coefficient (Wildman–Crippen LogP) is 1.13. The highest BCUT2D eigenvalue weighted by molar-refractivity contribution is 5.81. The average Bonchev–Trinajstić information content (AvgIpc) is 3.02. The van der Waals surface area contributed by atoms with E-state index in [1.807, 2.05) is 24.3 Å². The van der Waals surface area contributed by atoms with Crippen LogP contribution >= 0.6 is 0 Å². The summed E-state index contributed by atoms with van der Waals surface area (Å²) in [6.45, 7) is 1.98. The second-order valence-electron chi connectivity index (χ2n) is 6.41. The summed E-state index contributed by atoms with van der Waals surface area (Å²) in [6.07, 6.45) is 1.24. The molecule has 1 aliphatic heterocycles. The Kier molecular flexibility index (Phi) is 7.02. The molecule has 6 heteroatoms. The van der Waals surface area contributed by atoms with Crippen LogP contribution in [-0.2, 0) is 16.1 Å². The van der Waals surface area contributed by atoms with E-state index in [9.17, 15) is 9.90 Å². The van der Waals surface area contributed by atoms with Crippen LogP contribution in [0.3, 0.4) is 0 Å². The fourth-order valence-electron chi connectivity index (χ4n) is 3.02. The predicted molar refractivity (Wildman–Crippen MR) is 91.9 cm³/mol. The molecule has 0 aliphatic carbocycles. The van der Waals surface area contributed by atoms with Crippen LogP contribution in [0.2, 0.25) is 0 Å². The topological polar surface area (TPSA) is 62.2 Å². The monoisotopic (exact) mass is 336 g/mol. The highest BCUT2D eigenvalue weighted by Gasteiger charge is 2.32. The zero-order valence-electron chi connectivity index (χ0n) is 14.8. The second kappa shape index (κ2) is 9.01. The number of nitrogens with zero attached hydrogens (tertiary/aromatic N) is 2. The summed E-state index contributed by atoms with van der Waals surface area (Å²) in [4.78, 5) is 15.8. The van der Waals surface area contributed by atoms with E-state index in [4.69, 9.17) is 9.47 Å². The van der Waals surface area contributed by atoms with Gasteiger partial charge in [0.15, 0.2) is 0 Å². The molecule has 0 bridgehead atoms. The number of amides is 1. The first kappa shape index (κ1) is 18.7. The maximum atomic E-state index is 12.2. The van der Waals surface area contributed by atoms with Gasteiger partial charge in [0, 0.05) is 20.6 Å². The number of hydrogen-bond donors (Lipinski definition) is 1. The number of carbonyl (C=O) groups excluding carboxylic acids is 1. The van der Waals surface area contributed by atoms with Gasteiger partial charge in [0.25, 0.3) is 0 Å². The van der Waals surface area contributed by atoms with Crippen LogP contribution in [-0.4, -0.2) is 73.9 Å². The Labute approximate surface area is 144 Å². The summed E-state index contributed by atoms with van der Waals surface area (Å²) in [6, 6.07) is 7.55. The zero-order valence-corrected chi connectivity index (χ0v) is 14.8. The molecule has 0 aromatic heterocycles. The number of rotatable bonds is 8. The Bertz CT molecular complexity index is 536. The molecule has 1 N–H and O–H groups in total. The van der Waals surface area contributed by atoms with Gasteiger partial charge in [0.2, 0.25) is 5.91 Å². The molecule has 6 nitrogen and oxygen atoms in total. The van der Waals surface area contributed by atoms with Crippen LogP contribution in [0.4, 0.5) is 0 Å². The van der Waals surface area contributed by atoms with Gasteiger partial charge in [-0.3, -0.25) is 9.69 Å². The number of likely N-dealkylation sites (N-methyl/N-ethyl adjacent to an activating group) is 1. The maximum Gasteiger partial charge on any atom is 0.239 e. The van der Waals surface area contributed by atoms with Gasteiger partial charge in [-0.1, -0.05) is 12.1 Å². The summed E-state index contributed by atoms with van der Waals surface area (Å²) >= 11 is 0. The van der Waals surface area contributed by atoms with Crippen LogP contribution in [0.15, 0.2) is 24.3 Å². The molecule has 2 rings (SSSR count). The number of aliphatic hydroxyl groups excluding tert-OH is 1. The van der Waals surface area contributed by atoms with Crippen molar-refractivity contribution in [3.05, 3.63) is 29.8 Å². The molecule has 24 heavy (non-hydrogen) atoms. The quantitative estimate of drug-likeness (QED) is 0.771. The molecule has 1 aliphatic rings.